The van der Waals surface area contributed by atoms with Gasteiger partial charge in [0.25, 0.3) is 0 Å². The summed E-state index contributed by atoms with van der Waals surface area (Å²) in [7, 11) is 1.94. The molecule has 0 radical (unpaired) electrons. The van der Waals surface area contributed by atoms with E-state index < -0.39 is 0 Å². The molecule has 0 spiro atoms. The molecule has 0 bridgehead atoms. The van der Waals surface area contributed by atoms with Gasteiger partial charge in [0.05, 0.1) is 17.6 Å². The Morgan fingerprint density at radius 2 is 1.90 bits per heavy atom. The van der Waals surface area contributed by atoms with Gasteiger partial charge >= 0.3 is 0 Å². The minimum atomic E-state index is -0.0154. The van der Waals surface area contributed by atoms with Crippen LogP contribution in [0.15, 0.2) is 42.7 Å². The van der Waals surface area contributed by atoms with Crippen molar-refractivity contribution in [1.29, 1.82) is 0 Å². The average Bonchev–Trinajstić information content (AvgIpc) is 3.35. The SMILES string of the molecule is CC.Cn1cc(-n2c(-c3ccccc3)nc3c2CCC2CC(=O)CCC32C)cn1. The van der Waals surface area contributed by atoms with Crippen LogP contribution in [0.1, 0.15) is 57.8 Å². The molecule has 5 heteroatoms. The van der Waals surface area contributed by atoms with E-state index in [2.05, 4.69) is 40.9 Å². The highest BCUT2D eigenvalue weighted by molar-refractivity contribution is 5.80. The predicted molar refractivity (Wildman–Crippen MR) is 115 cm³/mol. The molecule has 0 saturated heterocycles. The fourth-order valence-electron chi connectivity index (χ4n) is 4.97. The second-order valence-corrected chi connectivity index (χ2v) is 8.20. The summed E-state index contributed by atoms with van der Waals surface area (Å²) in [5.41, 5.74) is 4.63. The van der Waals surface area contributed by atoms with Gasteiger partial charge < -0.3 is 0 Å². The lowest BCUT2D eigenvalue weighted by molar-refractivity contribution is -0.123. The van der Waals surface area contributed by atoms with Crippen LogP contribution < -0.4 is 0 Å². The first-order valence-corrected chi connectivity index (χ1v) is 10.7. The maximum atomic E-state index is 12.1. The molecule has 0 amide bonds. The van der Waals surface area contributed by atoms with Gasteiger partial charge in [0, 0.05) is 42.8 Å². The standard InChI is InChI=1S/C22H24N4O.C2H6/c1-22-11-10-18(27)12-16(22)8-9-19-20(22)24-21(15-6-4-3-5-7-15)26(19)17-13-23-25(2)14-17;1-2/h3-7,13-14,16H,8-12H2,1-2H3;1-2H3. The highest BCUT2D eigenvalue weighted by atomic mass is 16.1. The Morgan fingerprint density at radius 1 is 1.14 bits per heavy atom. The van der Waals surface area contributed by atoms with Gasteiger partial charge in [0.15, 0.2) is 0 Å². The molecule has 2 aliphatic carbocycles. The lowest BCUT2D eigenvalue weighted by atomic mass is 9.60. The van der Waals surface area contributed by atoms with Crippen LogP contribution in [0, 0.1) is 5.92 Å². The predicted octanol–water partition coefficient (Wildman–Crippen LogP) is 4.87. The number of aryl methyl sites for hydroxylation is 1. The van der Waals surface area contributed by atoms with Gasteiger partial charge in [0.2, 0.25) is 0 Å². The summed E-state index contributed by atoms with van der Waals surface area (Å²) in [6.45, 7) is 6.32. The van der Waals surface area contributed by atoms with E-state index in [0.29, 0.717) is 24.5 Å². The van der Waals surface area contributed by atoms with Gasteiger partial charge in [-0.05, 0) is 25.2 Å². The van der Waals surface area contributed by atoms with Gasteiger partial charge in [-0.1, -0.05) is 51.1 Å². The Kier molecular flexibility index (Phi) is 5.15. The molecule has 2 atom stereocenters. The molecule has 1 aromatic carbocycles. The summed E-state index contributed by atoms with van der Waals surface area (Å²) in [6, 6.07) is 10.4. The smallest absolute Gasteiger partial charge is 0.145 e. The second kappa shape index (κ2) is 7.62. The van der Waals surface area contributed by atoms with Crippen molar-refractivity contribution < 1.29 is 4.79 Å². The summed E-state index contributed by atoms with van der Waals surface area (Å²) < 4.78 is 4.12. The van der Waals surface area contributed by atoms with Gasteiger partial charge in [-0.3, -0.25) is 14.0 Å². The number of hydrogen-bond donors (Lipinski definition) is 0. The summed E-state index contributed by atoms with van der Waals surface area (Å²) in [6.07, 6.45) is 8.25. The van der Waals surface area contributed by atoms with Crippen molar-refractivity contribution >= 4 is 5.78 Å². The Labute approximate surface area is 172 Å². The average molecular weight is 391 g/mol. The van der Waals surface area contributed by atoms with Crippen molar-refractivity contribution in [2.45, 2.75) is 58.3 Å². The quantitative estimate of drug-likeness (QED) is 0.627. The second-order valence-electron chi connectivity index (χ2n) is 8.20. The molecule has 0 N–H and O–H groups in total. The van der Waals surface area contributed by atoms with Gasteiger partial charge in [-0.15, -0.1) is 0 Å². The zero-order valence-corrected chi connectivity index (χ0v) is 17.9. The van der Waals surface area contributed by atoms with Gasteiger partial charge in [0.1, 0.15) is 11.6 Å². The lowest BCUT2D eigenvalue weighted by Crippen LogP contribution is -2.42. The number of nitrogens with zero attached hydrogens (tertiary/aromatic N) is 4. The van der Waals surface area contributed by atoms with Crippen LogP contribution in [0.3, 0.4) is 0 Å². The molecule has 1 saturated carbocycles. The largest absolute Gasteiger partial charge is 0.300 e. The van der Waals surface area contributed by atoms with Crippen LogP contribution in [-0.4, -0.2) is 25.1 Å². The number of benzene rings is 1. The van der Waals surface area contributed by atoms with Crippen LogP contribution in [0.5, 0.6) is 0 Å². The first-order chi connectivity index (χ1) is 14.1. The number of Topliss-reactive ketones (excluding diaryl/α,β-unsaturated/α-hetero) is 1. The van der Waals surface area contributed by atoms with E-state index >= 15 is 0 Å². The van der Waals surface area contributed by atoms with Crippen LogP contribution in [0.2, 0.25) is 0 Å². The van der Waals surface area contributed by atoms with Crippen molar-refractivity contribution in [2.75, 3.05) is 0 Å². The lowest BCUT2D eigenvalue weighted by Gasteiger charge is -2.43. The first kappa shape index (κ1) is 19.6. The molecule has 2 aliphatic rings. The molecule has 1 fully saturated rings. The summed E-state index contributed by atoms with van der Waals surface area (Å²) >= 11 is 0. The number of carbonyl (C=O) groups is 1. The monoisotopic (exact) mass is 390 g/mol. The molecular formula is C24H30N4O. The third-order valence-corrected chi connectivity index (χ3v) is 6.52. The fraction of sp³-hybridized carbons (Fsp3) is 0.458. The van der Waals surface area contributed by atoms with Crippen LogP contribution in [0.25, 0.3) is 17.1 Å². The topological polar surface area (TPSA) is 52.7 Å². The van der Waals surface area contributed by atoms with E-state index in [4.69, 9.17) is 4.98 Å². The zero-order valence-electron chi connectivity index (χ0n) is 17.9. The van der Waals surface area contributed by atoms with Crippen LogP contribution >= 0.6 is 0 Å². The van der Waals surface area contributed by atoms with E-state index in [1.54, 1.807) is 0 Å². The van der Waals surface area contributed by atoms with E-state index in [1.165, 1.54) is 11.4 Å². The Balaban J connectivity index is 0.000000994. The highest BCUT2D eigenvalue weighted by Crippen LogP contribution is 2.50. The Morgan fingerprint density at radius 3 is 2.59 bits per heavy atom. The molecule has 29 heavy (non-hydrogen) atoms. The zero-order chi connectivity index (χ0) is 20.6. The number of fused-ring (bicyclic) bond motifs is 3. The number of carbonyl (C=O) groups excluding carboxylic acids is 1. The van der Waals surface area contributed by atoms with Crippen LogP contribution in [0.4, 0.5) is 0 Å². The van der Waals surface area contributed by atoms with E-state index in [1.807, 2.05) is 44.0 Å². The molecule has 2 unspecified atom stereocenters. The first-order valence-electron chi connectivity index (χ1n) is 10.7. The maximum Gasteiger partial charge on any atom is 0.145 e. The molecule has 3 aromatic rings. The molecule has 2 heterocycles. The molecule has 0 aliphatic heterocycles. The minimum absolute atomic E-state index is 0.0154. The number of rotatable bonds is 2. The summed E-state index contributed by atoms with van der Waals surface area (Å²) in [5.74, 6) is 1.80. The van der Waals surface area contributed by atoms with E-state index in [-0.39, 0.29) is 5.41 Å². The Hall–Kier alpha value is -2.69. The maximum absolute atomic E-state index is 12.1. The fourth-order valence-corrected chi connectivity index (χ4v) is 4.97. The molecule has 2 aromatic heterocycles. The van der Waals surface area contributed by atoms with Crippen molar-refractivity contribution in [3.63, 3.8) is 0 Å². The molecule has 5 nitrogen and oxygen atoms in total. The molecule has 5 rings (SSSR count). The third-order valence-electron chi connectivity index (χ3n) is 6.52. The van der Waals surface area contributed by atoms with E-state index in [0.717, 1.165) is 36.3 Å². The van der Waals surface area contributed by atoms with Crippen molar-refractivity contribution in [3.8, 4) is 17.1 Å². The van der Waals surface area contributed by atoms with Crippen molar-refractivity contribution in [1.82, 2.24) is 19.3 Å². The van der Waals surface area contributed by atoms with Crippen molar-refractivity contribution in [2.24, 2.45) is 13.0 Å². The molecular weight excluding hydrogens is 360 g/mol. The number of aromatic nitrogens is 4. The highest BCUT2D eigenvalue weighted by Gasteiger charge is 2.47. The van der Waals surface area contributed by atoms with Gasteiger partial charge in [-0.2, -0.15) is 5.10 Å². The normalized spacial score (nSPS) is 23.0. The molecule has 152 valence electrons. The summed E-state index contributed by atoms with van der Waals surface area (Å²) in [4.78, 5) is 17.3. The minimum Gasteiger partial charge on any atom is -0.300 e. The number of imidazole rings is 1. The van der Waals surface area contributed by atoms with E-state index in [9.17, 15) is 4.79 Å². The Bertz CT molecular complexity index is 1020. The number of ketones is 1. The van der Waals surface area contributed by atoms with Crippen molar-refractivity contribution in [3.05, 3.63) is 54.1 Å². The third kappa shape index (κ3) is 3.22. The number of hydrogen-bond acceptors (Lipinski definition) is 3. The summed E-state index contributed by atoms with van der Waals surface area (Å²) in [5, 5.41) is 4.39. The van der Waals surface area contributed by atoms with Crippen LogP contribution in [-0.2, 0) is 23.7 Å². The van der Waals surface area contributed by atoms with Gasteiger partial charge in [-0.25, -0.2) is 4.98 Å².